The Morgan fingerprint density at radius 1 is 1.03 bits per heavy atom. The summed E-state index contributed by atoms with van der Waals surface area (Å²) in [6.07, 6.45) is 4.16. The number of fused-ring (bicyclic) bond motifs is 1. The zero-order valence-electron chi connectivity index (χ0n) is 22.4. The third-order valence-corrected chi connectivity index (χ3v) is 7.55. The minimum Gasteiger partial charge on any atom is -0.495 e. The average Bonchev–Trinajstić information content (AvgIpc) is 3.39. The lowest BCUT2D eigenvalue weighted by atomic mass is 10.2. The van der Waals surface area contributed by atoms with Crippen molar-refractivity contribution in [2.75, 3.05) is 65.1 Å². The van der Waals surface area contributed by atoms with E-state index in [1.165, 1.54) is 11.3 Å². The second-order valence-corrected chi connectivity index (χ2v) is 9.97. The average molecular weight is 564 g/mol. The van der Waals surface area contributed by atoms with E-state index in [-0.39, 0.29) is 18.3 Å². The summed E-state index contributed by atoms with van der Waals surface area (Å²) in [5.41, 5.74) is 1.30. The van der Waals surface area contributed by atoms with Crippen LogP contribution in [0.3, 0.4) is 0 Å². The van der Waals surface area contributed by atoms with Crippen molar-refractivity contribution >= 4 is 45.0 Å². The molecule has 0 radical (unpaired) electrons. The first kappa shape index (κ1) is 30.0. The highest BCUT2D eigenvalue weighted by molar-refractivity contribution is 7.22. The van der Waals surface area contributed by atoms with E-state index in [1.54, 1.807) is 19.1 Å². The minimum absolute atomic E-state index is 0. The molecule has 0 bridgehead atoms. The quantitative estimate of drug-likeness (QED) is 0.248. The number of ether oxygens (including phenoxy) is 4. The molecule has 38 heavy (non-hydrogen) atoms. The summed E-state index contributed by atoms with van der Waals surface area (Å²) in [6, 6.07) is 11.1. The van der Waals surface area contributed by atoms with Crippen molar-refractivity contribution in [2.24, 2.45) is 0 Å². The van der Waals surface area contributed by atoms with Gasteiger partial charge in [-0.25, -0.2) is 4.98 Å². The van der Waals surface area contributed by atoms with Crippen LogP contribution < -0.4 is 19.1 Å². The third-order valence-electron chi connectivity index (χ3n) is 6.45. The van der Waals surface area contributed by atoms with Crippen molar-refractivity contribution in [3.8, 4) is 17.2 Å². The molecule has 0 atom stereocenters. The molecule has 1 saturated heterocycles. The molecule has 1 aliphatic heterocycles. The van der Waals surface area contributed by atoms with Gasteiger partial charge in [-0.15, -0.1) is 12.4 Å². The Morgan fingerprint density at radius 3 is 2.42 bits per heavy atom. The zero-order chi connectivity index (χ0) is 26.0. The van der Waals surface area contributed by atoms with Gasteiger partial charge >= 0.3 is 0 Å². The standard InChI is InChI=1S/C28H37N3O5S.ClH/c1-4-5-6-18-36-22-10-8-21(9-11-22)27(32)31(15-7-14-30-16-19-35-20-17-30)28-29-25-23(33-2)12-13-24(34-3)26(25)37-28;/h8-13H,4-7,14-20H2,1-3H3;1H. The molecule has 1 aromatic heterocycles. The number of hydrogen-bond donors (Lipinski definition) is 0. The maximum atomic E-state index is 13.8. The van der Waals surface area contributed by atoms with Crippen LogP contribution in [0.1, 0.15) is 43.0 Å². The smallest absolute Gasteiger partial charge is 0.260 e. The minimum atomic E-state index is -0.0866. The van der Waals surface area contributed by atoms with E-state index in [0.717, 1.165) is 69.0 Å². The van der Waals surface area contributed by atoms with Gasteiger partial charge in [-0.1, -0.05) is 31.1 Å². The van der Waals surface area contributed by atoms with Crippen molar-refractivity contribution in [3.63, 3.8) is 0 Å². The molecular formula is C28H38ClN3O5S. The number of nitrogens with zero attached hydrogens (tertiary/aromatic N) is 3. The van der Waals surface area contributed by atoms with Gasteiger partial charge in [-0.3, -0.25) is 14.6 Å². The number of methoxy groups -OCH3 is 2. The van der Waals surface area contributed by atoms with E-state index in [4.69, 9.17) is 23.9 Å². The summed E-state index contributed by atoms with van der Waals surface area (Å²) in [4.78, 5) is 22.8. The summed E-state index contributed by atoms with van der Waals surface area (Å²) < 4.78 is 23.3. The molecular weight excluding hydrogens is 526 g/mol. The maximum Gasteiger partial charge on any atom is 0.260 e. The fourth-order valence-corrected chi connectivity index (χ4v) is 5.44. The fraction of sp³-hybridized carbons (Fsp3) is 0.500. The van der Waals surface area contributed by atoms with Crippen LogP contribution in [-0.4, -0.2) is 76.0 Å². The van der Waals surface area contributed by atoms with Gasteiger partial charge in [0.2, 0.25) is 0 Å². The predicted molar refractivity (Wildman–Crippen MR) is 155 cm³/mol. The summed E-state index contributed by atoms with van der Waals surface area (Å²) >= 11 is 1.44. The lowest BCUT2D eigenvalue weighted by molar-refractivity contribution is 0.0376. The van der Waals surface area contributed by atoms with Crippen LogP contribution in [0.15, 0.2) is 36.4 Å². The lowest BCUT2D eigenvalue weighted by Gasteiger charge is -2.27. The highest BCUT2D eigenvalue weighted by atomic mass is 35.5. The van der Waals surface area contributed by atoms with Gasteiger partial charge < -0.3 is 18.9 Å². The number of amides is 1. The SMILES string of the molecule is CCCCCOc1ccc(C(=O)N(CCCN2CCOCC2)c2nc3c(OC)ccc(OC)c3s2)cc1.Cl. The fourth-order valence-electron chi connectivity index (χ4n) is 4.34. The van der Waals surface area contributed by atoms with Gasteiger partial charge in [-0.2, -0.15) is 0 Å². The first-order valence-electron chi connectivity index (χ1n) is 13.0. The first-order chi connectivity index (χ1) is 18.1. The molecule has 1 amide bonds. The van der Waals surface area contributed by atoms with Crippen LogP contribution in [-0.2, 0) is 4.74 Å². The van der Waals surface area contributed by atoms with Crippen LogP contribution in [0.5, 0.6) is 17.2 Å². The Kier molecular flexibility index (Phi) is 11.9. The topological polar surface area (TPSA) is 73.4 Å². The van der Waals surface area contributed by atoms with Crippen molar-refractivity contribution in [2.45, 2.75) is 32.6 Å². The van der Waals surface area contributed by atoms with Gasteiger partial charge in [0.1, 0.15) is 27.5 Å². The Balaban J connectivity index is 0.00000400. The van der Waals surface area contributed by atoms with Gasteiger partial charge in [0, 0.05) is 31.7 Å². The Labute approximate surface area is 235 Å². The van der Waals surface area contributed by atoms with Crippen LogP contribution in [0, 0.1) is 0 Å². The predicted octanol–water partition coefficient (Wildman–Crippen LogP) is 5.67. The number of aromatic nitrogens is 1. The van der Waals surface area contributed by atoms with Crippen molar-refractivity contribution in [1.82, 2.24) is 9.88 Å². The molecule has 2 aromatic carbocycles. The summed E-state index contributed by atoms with van der Waals surface area (Å²) in [7, 11) is 3.26. The van der Waals surface area contributed by atoms with Crippen molar-refractivity contribution in [3.05, 3.63) is 42.0 Å². The molecule has 1 fully saturated rings. The molecule has 208 valence electrons. The number of rotatable bonds is 13. The van der Waals surface area contributed by atoms with Crippen LogP contribution in [0.25, 0.3) is 10.2 Å². The largest absolute Gasteiger partial charge is 0.495 e. The summed E-state index contributed by atoms with van der Waals surface area (Å²) in [5.74, 6) is 2.06. The van der Waals surface area contributed by atoms with Gasteiger partial charge in [0.05, 0.1) is 34.0 Å². The van der Waals surface area contributed by atoms with E-state index < -0.39 is 0 Å². The number of carbonyl (C=O) groups excluding carboxylic acids is 1. The maximum absolute atomic E-state index is 13.8. The van der Waals surface area contributed by atoms with Gasteiger partial charge in [0.15, 0.2) is 5.13 Å². The first-order valence-corrected chi connectivity index (χ1v) is 13.8. The molecule has 0 saturated carbocycles. The molecule has 0 spiro atoms. The number of morpholine rings is 1. The summed E-state index contributed by atoms with van der Waals surface area (Å²) in [5, 5.41) is 0.629. The van der Waals surface area contributed by atoms with Crippen LogP contribution >= 0.6 is 23.7 Å². The zero-order valence-corrected chi connectivity index (χ0v) is 24.1. The van der Waals surface area contributed by atoms with Crippen molar-refractivity contribution in [1.29, 1.82) is 0 Å². The number of unbranched alkanes of at least 4 members (excludes halogenated alkanes) is 2. The Hall–Kier alpha value is -2.59. The molecule has 2 heterocycles. The highest BCUT2D eigenvalue weighted by Crippen LogP contribution is 2.40. The monoisotopic (exact) mass is 563 g/mol. The lowest BCUT2D eigenvalue weighted by Crippen LogP contribution is -2.39. The Morgan fingerprint density at radius 2 is 1.74 bits per heavy atom. The normalized spacial score (nSPS) is 13.7. The number of carbonyl (C=O) groups is 1. The third kappa shape index (κ3) is 7.50. The molecule has 0 N–H and O–H groups in total. The van der Waals surface area contributed by atoms with Crippen molar-refractivity contribution < 1.29 is 23.7 Å². The molecule has 10 heteroatoms. The number of hydrogen-bond acceptors (Lipinski definition) is 8. The summed E-state index contributed by atoms with van der Waals surface area (Å²) in [6.45, 7) is 7.66. The van der Waals surface area contributed by atoms with E-state index >= 15 is 0 Å². The van der Waals surface area contributed by atoms with E-state index in [0.29, 0.717) is 40.9 Å². The number of thiazole rings is 1. The van der Waals surface area contributed by atoms with E-state index in [2.05, 4.69) is 11.8 Å². The highest BCUT2D eigenvalue weighted by Gasteiger charge is 2.24. The van der Waals surface area contributed by atoms with E-state index in [9.17, 15) is 4.79 Å². The Bertz CT molecular complexity index is 1110. The molecule has 1 aliphatic rings. The van der Waals surface area contributed by atoms with E-state index in [1.807, 2.05) is 36.4 Å². The van der Waals surface area contributed by atoms with Gasteiger partial charge in [-0.05, 0) is 49.2 Å². The molecule has 0 aliphatic carbocycles. The second kappa shape index (κ2) is 15.1. The second-order valence-electron chi connectivity index (χ2n) is 8.99. The van der Waals surface area contributed by atoms with Crippen LogP contribution in [0.2, 0.25) is 0 Å². The molecule has 4 rings (SSSR count). The molecule has 8 nitrogen and oxygen atoms in total. The molecule has 3 aromatic rings. The van der Waals surface area contributed by atoms with Crippen LogP contribution in [0.4, 0.5) is 5.13 Å². The van der Waals surface area contributed by atoms with Gasteiger partial charge in [0.25, 0.3) is 5.91 Å². The number of benzene rings is 2. The number of halogens is 1. The number of anilines is 1. The molecule has 0 unspecified atom stereocenters.